The van der Waals surface area contributed by atoms with Crippen molar-refractivity contribution in [2.24, 2.45) is 0 Å². The molecule has 1 aliphatic heterocycles. The Balaban J connectivity index is 1.75. The third kappa shape index (κ3) is 2.26. The van der Waals surface area contributed by atoms with Crippen LogP contribution in [0.1, 0.15) is 30.0 Å². The summed E-state index contributed by atoms with van der Waals surface area (Å²) in [4.78, 5) is 14.3. The number of hydrogen-bond acceptors (Lipinski definition) is 3. The van der Waals surface area contributed by atoms with Crippen LogP contribution >= 0.6 is 0 Å². The normalized spacial score (nSPS) is 29.3. The van der Waals surface area contributed by atoms with Gasteiger partial charge in [0.1, 0.15) is 0 Å². The largest absolute Gasteiger partial charge is 0.392 e. The van der Waals surface area contributed by atoms with Crippen molar-refractivity contribution < 1.29 is 9.90 Å². The Kier molecular flexibility index (Phi) is 3.29. The number of carbonyl (C=O) groups excluding carboxylic acids is 1. The number of aliphatic hydroxyl groups is 1. The second-order valence-corrected chi connectivity index (χ2v) is 5.55. The Morgan fingerprint density at radius 3 is 2.95 bits per heavy atom. The van der Waals surface area contributed by atoms with E-state index in [0.717, 1.165) is 12.8 Å². The van der Waals surface area contributed by atoms with E-state index in [1.165, 1.54) is 11.1 Å². The van der Waals surface area contributed by atoms with E-state index in [1.807, 2.05) is 18.0 Å². The molecule has 0 bridgehead atoms. The van der Waals surface area contributed by atoms with Crippen LogP contribution in [-0.2, 0) is 11.2 Å². The molecule has 3 atom stereocenters. The fraction of sp³-hybridized carbons (Fsp3) is 0.533. The molecule has 1 saturated heterocycles. The van der Waals surface area contributed by atoms with Gasteiger partial charge in [0.05, 0.1) is 18.2 Å². The number of carbonyl (C=O) groups is 1. The predicted octanol–water partition coefficient (Wildman–Crippen LogP) is 0.855. The highest BCUT2D eigenvalue weighted by atomic mass is 16.3. The molecule has 1 aliphatic carbocycles. The van der Waals surface area contributed by atoms with Crippen LogP contribution in [0.15, 0.2) is 24.3 Å². The number of aliphatic hydroxyl groups excluding tert-OH is 1. The van der Waals surface area contributed by atoms with Crippen molar-refractivity contribution in [2.75, 3.05) is 13.6 Å². The smallest absolute Gasteiger partial charge is 0.240 e. The Hall–Kier alpha value is -1.39. The minimum absolute atomic E-state index is 0.0956. The molecule has 1 amide bonds. The molecule has 0 aromatic heterocycles. The number of aryl methyl sites for hydroxylation is 1. The summed E-state index contributed by atoms with van der Waals surface area (Å²) in [6.45, 7) is 0.519. The van der Waals surface area contributed by atoms with Crippen molar-refractivity contribution in [1.82, 2.24) is 10.2 Å². The van der Waals surface area contributed by atoms with Crippen LogP contribution in [0.3, 0.4) is 0 Å². The van der Waals surface area contributed by atoms with E-state index in [0.29, 0.717) is 13.0 Å². The highest BCUT2D eigenvalue weighted by Crippen LogP contribution is 2.35. The zero-order valence-electron chi connectivity index (χ0n) is 11.2. The fourth-order valence-electron chi connectivity index (χ4n) is 3.24. The maximum absolute atomic E-state index is 12.4. The molecule has 2 N–H and O–H groups in total. The summed E-state index contributed by atoms with van der Waals surface area (Å²) >= 11 is 0. The molecule has 3 unspecified atom stereocenters. The number of rotatable bonds is 2. The Bertz CT molecular complexity index is 489. The van der Waals surface area contributed by atoms with Crippen molar-refractivity contribution >= 4 is 5.91 Å². The van der Waals surface area contributed by atoms with Gasteiger partial charge >= 0.3 is 0 Å². The molecule has 102 valence electrons. The van der Waals surface area contributed by atoms with Crippen LogP contribution in [0.25, 0.3) is 0 Å². The topological polar surface area (TPSA) is 52.6 Å². The fourth-order valence-corrected chi connectivity index (χ4v) is 3.24. The van der Waals surface area contributed by atoms with Crippen LogP contribution < -0.4 is 5.32 Å². The number of fused-ring (bicyclic) bond motifs is 1. The first kappa shape index (κ1) is 12.6. The second kappa shape index (κ2) is 4.94. The van der Waals surface area contributed by atoms with Gasteiger partial charge < -0.3 is 15.3 Å². The van der Waals surface area contributed by atoms with E-state index in [2.05, 4.69) is 23.5 Å². The Morgan fingerprint density at radius 2 is 2.21 bits per heavy atom. The van der Waals surface area contributed by atoms with Crippen LogP contribution in [-0.4, -0.2) is 41.7 Å². The average Bonchev–Trinajstić information content (AvgIpc) is 3.03. The third-order valence-corrected chi connectivity index (χ3v) is 4.32. The molecule has 1 aromatic rings. The summed E-state index contributed by atoms with van der Waals surface area (Å²) in [7, 11) is 1.88. The van der Waals surface area contributed by atoms with Gasteiger partial charge in [-0.25, -0.2) is 0 Å². The third-order valence-electron chi connectivity index (χ3n) is 4.32. The van der Waals surface area contributed by atoms with Gasteiger partial charge in [0.25, 0.3) is 0 Å². The average molecular weight is 260 g/mol. The van der Waals surface area contributed by atoms with Gasteiger partial charge in [0.2, 0.25) is 5.91 Å². The minimum Gasteiger partial charge on any atom is -0.392 e. The summed E-state index contributed by atoms with van der Waals surface area (Å²) in [6.07, 6.45) is 2.17. The minimum atomic E-state index is -0.391. The standard InChI is InChI=1S/C15H20N2O2/c1-17(15(19)13-8-11(18)9-16-13)14-7-6-10-4-2-3-5-12(10)14/h2-5,11,13-14,16,18H,6-9H2,1H3. The summed E-state index contributed by atoms with van der Waals surface area (Å²) in [5.41, 5.74) is 2.63. The van der Waals surface area contributed by atoms with E-state index < -0.39 is 6.10 Å². The molecule has 4 nitrogen and oxygen atoms in total. The van der Waals surface area contributed by atoms with E-state index in [1.54, 1.807) is 0 Å². The summed E-state index contributed by atoms with van der Waals surface area (Å²) in [5, 5.41) is 12.6. The van der Waals surface area contributed by atoms with Gasteiger partial charge in [-0.1, -0.05) is 24.3 Å². The van der Waals surface area contributed by atoms with Crippen LogP contribution in [0.2, 0.25) is 0 Å². The summed E-state index contributed by atoms with van der Waals surface area (Å²) < 4.78 is 0. The van der Waals surface area contributed by atoms with Gasteiger partial charge in [0.15, 0.2) is 0 Å². The van der Waals surface area contributed by atoms with Gasteiger partial charge in [0, 0.05) is 13.6 Å². The summed E-state index contributed by atoms with van der Waals surface area (Å²) in [6, 6.07) is 8.31. The van der Waals surface area contributed by atoms with Crippen molar-refractivity contribution in [3.8, 4) is 0 Å². The molecule has 1 aromatic carbocycles. The van der Waals surface area contributed by atoms with Crippen molar-refractivity contribution in [3.63, 3.8) is 0 Å². The first-order valence-electron chi connectivity index (χ1n) is 6.92. The molecule has 2 aliphatic rings. The second-order valence-electron chi connectivity index (χ2n) is 5.55. The maximum atomic E-state index is 12.4. The first-order valence-corrected chi connectivity index (χ1v) is 6.92. The SMILES string of the molecule is CN(C(=O)C1CC(O)CN1)C1CCc2ccccc21. The van der Waals surface area contributed by atoms with Crippen LogP contribution in [0, 0.1) is 0 Å². The Morgan fingerprint density at radius 1 is 1.42 bits per heavy atom. The first-order chi connectivity index (χ1) is 9.16. The van der Waals surface area contributed by atoms with Crippen LogP contribution in [0.4, 0.5) is 0 Å². The van der Waals surface area contributed by atoms with Crippen molar-refractivity contribution in [3.05, 3.63) is 35.4 Å². The molecular weight excluding hydrogens is 240 g/mol. The van der Waals surface area contributed by atoms with E-state index >= 15 is 0 Å². The lowest BCUT2D eigenvalue weighted by Crippen LogP contribution is -2.42. The molecule has 19 heavy (non-hydrogen) atoms. The number of nitrogens with zero attached hydrogens (tertiary/aromatic N) is 1. The van der Waals surface area contributed by atoms with E-state index in [4.69, 9.17) is 0 Å². The molecule has 3 rings (SSSR count). The molecule has 0 saturated carbocycles. The number of β-amino-alcohol motifs (C(OH)–C–C–N with tert-alkyl or cyclic N) is 1. The molecule has 4 heteroatoms. The summed E-state index contributed by atoms with van der Waals surface area (Å²) in [5.74, 6) is 0.0956. The number of nitrogens with one attached hydrogen (secondary N) is 1. The van der Waals surface area contributed by atoms with Gasteiger partial charge in [-0.3, -0.25) is 4.79 Å². The van der Waals surface area contributed by atoms with Crippen molar-refractivity contribution in [2.45, 2.75) is 37.5 Å². The zero-order valence-corrected chi connectivity index (χ0v) is 11.2. The molecule has 0 radical (unpaired) electrons. The molecular formula is C15H20N2O2. The quantitative estimate of drug-likeness (QED) is 0.829. The lowest BCUT2D eigenvalue weighted by atomic mass is 10.1. The van der Waals surface area contributed by atoms with Gasteiger partial charge in [-0.05, 0) is 30.4 Å². The van der Waals surface area contributed by atoms with Gasteiger partial charge in [-0.15, -0.1) is 0 Å². The molecule has 1 fully saturated rings. The molecule has 1 heterocycles. The number of amides is 1. The highest BCUT2D eigenvalue weighted by Gasteiger charge is 2.35. The van der Waals surface area contributed by atoms with Crippen molar-refractivity contribution in [1.29, 1.82) is 0 Å². The number of likely N-dealkylation sites (N-methyl/N-ethyl adjacent to an activating group) is 1. The lowest BCUT2D eigenvalue weighted by Gasteiger charge is -2.28. The molecule has 0 spiro atoms. The highest BCUT2D eigenvalue weighted by molar-refractivity contribution is 5.82. The number of benzene rings is 1. The van der Waals surface area contributed by atoms with E-state index in [-0.39, 0.29) is 18.0 Å². The van der Waals surface area contributed by atoms with Crippen LogP contribution in [0.5, 0.6) is 0 Å². The van der Waals surface area contributed by atoms with Gasteiger partial charge in [-0.2, -0.15) is 0 Å². The van der Waals surface area contributed by atoms with E-state index in [9.17, 15) is 9.90 Å². The maximum Gasteiger partial charge on any atom is 0.240 e. The Labute approximate surface area is 113 Å². The zero-order chi connectivity index (χ0) is 13.4. The number of hydrogen-bond donors (Lipinski definition) is 2. The monoisotopic (exact) mass is 260 g/mol. The lowest BCUT2D eigenvalue weighted by molar-refractivity contribution is -0.134. The predicted molar refractivity (Wildman–Crippen MR) is 72.7 cm³/mol.